The summed E-state index contributed by atoms with van der Waals surface area (Å²) in [7, 11) is 0. The minimum absolute atomic E-state index is 0.0821. The van der Waals surface area contributed by atoms with E-state index in [4.69, 9.17) is 11.6 Å². The van der Waals surface area contributed by atoms with Gasteiger partial charge in [0.05, 0.1) is 0 Å². The average molecular weight is 324 g/mol. The largest absolute Gasteiger partial charge is 0.294 e. The molecule has 0 fully saturated rings. The van der Waals surface area contributed by atoms with Crippen LogP contribution in [0.5, 0.6) is 0 Å². The van der Waals surface area contributed by atoms with Crippen LogP contribution in [0.2, 0.25) is 5.02 Å². The number of hydrogen-bond donors (Lipinski definition) is 0. The molecule has 0 N–H and O–H groups in total. The highest BCUT2D eigenvalue weighted by Gasteiger charge is 2.10. The molecule has 0 aliphatic carbocycles. The molecular weight excluding hydrogens is 312 g/mol. The van der Waals surface area contributed by atoms with Gasteiger partial charge in [0.15, 0.2) is 5.78 Å². The predicted molar refractivity (Wildman–Crippen MR) is 78.4 cm³/mol. The number of carbonyl (C=O) groups excluding carboxylic acids is 1. The van der Waals surface area contributed by atoms with Crippen molar-refractivity contribution in [2.45, 2.75) is 13.3 Å². The Bertz CT molecular complexity index is 593. The molecule has 0 unspecified atom stereocenters. The number of ketones is 1. The Labute approximate surface area is 120 Å². The van der Waals surface area contributed by atoms with Crippen molar-refractivity contribution in [3.05, 3.63) is 68.7 Å². The number of halogens is 2. The lowest BCUT2D eigenvalue weighted by Gasteiger charge is -2.05. The summed E-state index contributed by atoms with van der Waals surface area (Å²) >= 11 is 9.48. The number of aryl methyl sites for hydroxylation is 1. The molecule has 92 valence electrons. The molecule has 0 bridgehead atoms. The molecule has 0 aromatic heterocycles. The third-order valence-corrected chi connectivity index (χ3v) is 4.05. The Morgan fingerprint density at radius 1 is 1.22 bits per heavy atom. The van der Waals surface area contributed by atoms with Gasteiger partial charge in [-0.3, -0.25) is 4.79 Å². The first-order valence-corrected chi connectivity index (χ1v) is 6.78. The maximum atomic E-state index is 12.2. The van der Waals surface area contributed by atoms with Gasteiger partial charge < -0.3 is 0 Å². The van der Waals surface area contributed by atoms with Crippen molar-refractivity contribution in [3.63, 3.8) is 0 Å². The SMILES string of the molecule is Cc1cc(C(=O)Cc2ccccc2Cl)ccc1Br. The van der Waals surface area contributed by atoms with Crippen molar-refractivity contribution in [1.82, 2.24) is 0 Å². The molecular formula is C15H12BrClO. The molecule has 3 heteroatoms. The van der Waals surface area contributed by atoms with Crippen molar-refractivity contribution < 1.29 is 4.79 Å². The molecule has 2 aromatic carbocycles. The van der Waals surface area contributed by atoms with E-state index in [-0.39, 0.29) is 5.78 Å². The molecule has 0 atom stereocenters. The Morgan fingerprint density at radius 2 is 1.94 bits per heavy atom. The molecule has 0 saturated heterocycles. The first-order chi connectivity index (χ1) is 8.58. The lowest BCUT2D eigenvalue weighted by molar-refractivity contribution is 0.0993. The van der Waals surface area contributed by atoms with Gasteiger partial charge in [-0.2, -0.15) is 0 Å². The van der Waals surface area contributed by atoms with E-state index in [1.54, 1.807) is 6.07 Å². The van der Waals surface area contributed by atoms with Crippen LogP contribution in [0.1, 0.15) is 21.5 Å². The van der Waals surface area contributed by atoms with Crippen molar-refractivity contribution >= 4 is 33.3 Å². The second-order valence-electron chi connectivity index (χ2n) is 4.16. The van der Waals surface area contributed by atoms with Crippen LogP contribution in [-0.4, -0.2) is 5.78 Å². The second kappa shape index (κ2) is 5.68. The first kappa shape index (κ1) is 13.3. The summed E-state index contributed by atoms with van der Waals surface area (Å²) in [5.74, 6) is 0.0821. The highest BCUT2D eigenvalue weighted by molar-refractivity contribution is 9.10. The standard InChI is InChI=1S/C15H12BrClO/c1-10-8-12(6-7-13(10)16)15(18)9-11-4-2-3-5-14(11)17/h2-8H,9H2,1H3. The van der Waals surface area contributed by atoms with Crippen LogP contribution in [0.15, 0.2) is 46.9 Å². The van der Waals surface area contributed by atoms with Crippen molar-refractivity contribution in [3.8, 4) is 0 Å². The summed E-state index contributed by atoms with van der Waals surface area (Å²) in [6, 6.07) is 13.1. The van der Waals surface area contributed by atoms with Crippen molar-refractivity contribution in [1.29, 1.82) is 0 Å². The molecule has 0 radical (unpaired) electrons. The fourth-order valence-corrected chi connectivity index (χ4v) is 2.18. The number of rotatable bonds is 3. The van der Waals surface area contributed by atoms with E-state index < -0.39 is 0 Å². The van der Waals surface area contributed by atoms with Gasteiger partial charge in [0.1, 0.15) is 0 Å². The molecule has 0 heterocycles. The third-order valence-electron chi connectivity index (χ3n) is 2.79. The van der Waals surface area contributed by atoms with E-state index in [0.717, 1.165) is 21.2 Å². The topological polar surface area (TPSA) is 17.1 Å². The normalized spacial score (nSPS) is 10.4. The van der Waals surface area contributed by atoms with Gasteiger partial charge in [0.2, 0.25) is 0 Å². The van der Waals surface area contributed by atoms with E-state index in [1.165, 1.54) is 0 Å². The van der Waals surface area contributed by atoms with E-state index in [0.29, 0.717) is 11.4 Å². The fraction of sp³-hybridized carbons (Fsp3) is 0.133. The van der Waals surface area contributed by atoms with Gasteiger partial charge in [-0.05, 0) is 36.2 Å². The maximum Gasteiger partial charge on any atom is 0.167 e. The summed E-state index contributed by atoms with van der Waals surface area (Å²) in [4.78, 5) is 12.2. The highest BCUT2D eigenvalue weighted by Crippen LogP contribution is 2.20. The summed E-state index contributed by atoms with van der Waals surface area (Å²) < 4.78 is 1.01. The lowest BCUT2D eigenvalue weighted by Crippen LogP contribution is -2.04. The Hall–Kier alpha value is -1.12. The Morgan fingerprint density at radius 3 is 2.61 bits per heavy atom. The molecule has 2 rings (SSSR count). The number of Topliss-reactive ketones (excluding diaryl/α,β-unsaturated/α-hetero) is 1. The monoisotopic (exact) mass is 322 g/mol. The van der Waals surface area contributed by atoms with E-state index in [1.807, 2.05) is 43.3 Å². The van der Waals surface area contributed by atoms with Gasteiger partial charge in [-0.15, -0.1) is 0 Å². The predicted octanol–water partition coefficient (Wildman–Crippen LogP) is 4.84. The van der Waals surface area contributed by atoms with Crippen LogP contribution in [0.3, 0.4) is 0 Å². The van der Waals surface area contributed by atoms with Crippen LogP contribution in [0.4, 0.5) is 0 Å². The number of benzene rings is 2. The smallest absolute Gasteiger partial charge is 0.167 e. The molecule has 0 aliphatic heterocycles. The summed E-state index contributed by atoms with van der Waals surface area (Å²) in [6.45, 7) is 1.97. The molecule has 18 heavy (non-hydrogen) atoms. The van der Waals surface area contributed by atoms with Crippen molar-refractivity contribution in [2.75, 3.05) is 0 Å². The van der Waals surface area contributed by atoms with Crippen LogP contribution < -0.4 is 0 Å². The van der Waals surface area contributed by atoms with Gasteiger partial charge >= 0.3 is 0 Å². The van der Waals surface area contributed by atoms with Gasteiger partial charge in [0, 0.05) is 21.5 Å². The first-order valence-electron chi connectivity index (χ1n) is 5.60. The average Bonchev–Trinajstić information content (AvgIpc) is 2.35. The summed E-state index contributed by atoms with van der Waals surface area (Å²) in [5.41, 5.74) is 2.64. The zero-order chi connectivity index (χ0) is 13.1. The van der Waals surface area contributed by atoms with Crippen LogP contribution in [0, 0.1) is 6.92 Å². The Balaban J connectivity index is 2.22. The number of hydrogen-bond acceptors (Lipinski definition) is 1. The van der Waals surface area contributed by atoms with E-state index in [2.05, 4.69) is 15.9 Å². The lowest BCUT2D eigenvalue weighted by atomic mass is 10.0. The minimum atomic E-state index is 0.0821. The van der Waals surface area contributed by atoms with Gasteiger partial charge in [-0.1, -0.05) is 51.8 Å². The zero-order valence-corrected chi connectivity index (χ0v) is 12.3. The molecule has 0 amide bonds. The maximum absolute atomic E-state index is 12.2. The zero-order valence-electron chi connectivity index (χ0n) is 9.91. The molecule has 0 aliphatic rings. The quantitative estimate of drug-likeness (QED) is 0.739. The second-order valence-corrected chi connectivity index (χ2v) is 5.42. The fourth-order valence-electron chi connectivity index (χ4n) is 1.73. The third kappa shape index (κ3) is 3.01. The Kier molecular flexibility index (Phi) is 4.20. The van der Waals surface area contributed by atoms with Gasteiger partial charge in [-0.25, -0.2) is 0 Å². The molecule has 0 spiro atoms. The summed E-state index contributed by atoms with van der Waals surface area (Å²) in [5, 5.41) is 0.639. The van der Waals surface area contributed by atoms with Crippen LogP contribution in [-0.2, 0) is 6.42 Å². The molecule has 2 aromatic rings. The highest BCUT2D eigenvalue weighted by atomic mass is 79.9. The summed E-state index contributed by atoms with van der Waals surface area (Å²) in [6.07, 6.45) is 0.334. The van der Waals surface area contributed by atoms with E-state index in [9.17, 15) is 4.79 Å². The number of carbonyl (C=O) groups is 1. The minimum Gasteiger partial charge on any atom is -0.294 e. The molecule has 1 nitrogen and oxygen atoms in total. The van der Waals surface area contributed by atoms with Crippen LogP contribution >= 0.6 is 27.5 Å². The molecule has 0 saturated carbocycles. The van der Waals surface area contributed by atoms with Gasteiger partial charge in [0.25, 0.3) is 0 Å². The van der Waals surface area contributed by atoms with Crippen LogP contribution in [0.25, 0.3) is 0 Å². The van der Waals surface area contributed by atoms with E-state index >= 15 is 0 Å². The van der Waals surface area contributed by atoms with Crippen molar-refractivity contribution in [2.24, 2.45) is 0 Å².